The van der Waals surface area contributed by atoms with Crippen LogP contribution < -0.4 is 0 Å². The van der Waals surface area contributed by atoms with Crippen molar-refractivity contribution in [2.24, 2.45) is 7.05 Å². The highest BCUT2D eigenvalue weighted by Crippen LogP contribution is 2.34. The summed E-state index contributed by atoms with van der Waals surface area (Å²) in [5.74, 6) is -1.75. The minimum atomic E-state index is -3.88. The Kier molecular flexibility index (Phi) is 2.74. The second-order valence-corrected chi connectivity index (χ2v) is 3.59. The molecule has 0 amide bonds. The average Bonchev–Trinajstić information content (AvgIpc) is 2.35. The molecule has 0 radical (unpaired) electrons. The summed E-state index contributed by atoms with van der Waals surface area (Å²) in [4.78, 5) is 10.1. The minimum absolute atomic E-state index is 0.130. The molecule has 1 aromatic rings. The Morgan fingerprint density at radius 2 is 2.14 bits per heavy atom. The summed E-state index contributed by atoms with van der Waals surface area (Å²) in [7, 11) is 1.48. The molecule has 14 heavy (non-hydrogen) atoms. The number of alkyl halides is 2. The van der Waals surface area contributed by atoms with Crippen LogP contribution in [0.1, 0.15) is 5.82 Å². The molecule has 0 fully saturated rings. The lowest BCUT2D eigenvalue weighted by Crippen LogP contribution is -2.24. The number of aryl methyl sites for hydroxylation is 1. The van der Waals surface area contributed by atoms with E-state index in [1.165, 1.54) is 11.6 Å². The number of hydrogen-bond acceptors (Lipinski definition) is 4. The molecule has 0 saturated carbocycles. The summed E-state index contributed by atoms with van der Waals surface area (Å²) in [6, 6.07) is 0. The van der Waals surface area contributed by atoms with E-state index in [4.69, 9.17) is 5.11 Å². The standard InChI is InChI=1S/C6H7F2N3O2S/c1-3-9-10-5(11(3)2)14-6(7,8)4(12)13/h1-2H3,(H,12,13). The van der Waals surface area contributed by atoms with Gasteiger partial charge in [-0.15, -0.1) is 10.2 Å². The summed E-state index contributed by atoms with van der Waals surface area (Å²) in [5.41, 5.74) is 0. The van der Waals surface area contributed by atoms with Crippen LogP contribution in [0.5, 0.6) is 0 Å². The Hall–Kier alpha value is -1.18. The van der Waals surface area contributed by atoms with Gasteiger partial charge in [-0.1, -0.05) is 0 Å². The second kappa shape index (κ2) is 3.52. The number of halogens is 2. The third-order valence-corrected chi connectivity index (χ3v) is 2.49. The van der Waals surface area contributed by atoms with Crippen molar-refractivity contribution in [2.75, 3.05) is 0 Å². The van der Waals surface area contributed by atoms with Gasteiger partial charge in [0.15, 0.2) is 5.16 Å². The van der Waals surface area contributed by atoms with Crippen LogP contribution in [-0.4, -0.2) is 31.1 Å². The van der Waals surface area contributed by atoms with Crippen molar-refractivity contribution in [1.29, 1.82) is 0 Å². The number of thioether (sulfide) groups is 1. The number of carbonyl (C=O) groups is 1. The number of aliphatic carboxylic acids is 1. The van der Waals surface area contributed by atoms with Crippen molar-refractivity contribution in [3.8, 4) is 0 Å². The number of aromatic nitrogens is 3. The minimum Gasteiger partial charge on any atom is -0.476 e. The van der Waals surface area contributed by atoms with E-state index < -0.39 is 11.2 Å². The van der Waals surface area contributed by atoms with Crippen molar-refractivity contribution in [2.45, 2.75) is 17.3 Å². The van der Waals surface area contributed by atoms with E-state index in [0.717, 1.165) is 0 Å². The molecule has 0 bridgehead atoms. The largest absolute Gasteiger partial charge is 0.476 e. The first-order valence-corrected chi connectivity index (χ1v) is 4.32. The molecule has 0 aliphatic carbocycles. The number of hydrogen-bond donors (Lipinski definition) is 1. The number of carboxylic acid groups (broad SMARTS) is 1. The van der Waals surface area contributed by atoms with E-state index in [9.17, 15) is 13.6 Å². The summed E-state index contributed by atoms with van der Waals surface area (Å²) >= 11 is -0.142. The Morgan fingerprint density at radius 1 is 1.57 bits per heavy atom. The van der Waals surface area contributed by atoms with Crippen LogP contribution >= 0.6 is 11.8 Å². The lowest BCUT2D eigenvalue weighted by Gasteiger charge is -2.08. The van der Waals surface area contributed by atoms with Crippen LogP contribution in [0.3, 0.4) is 0 Å². The monoisotopic (exact) mass is 223 g/mol. The normalized spacial score (nSPS) is 11.7. The van der Waals surface area contributed by atoms with Gasteiger partial charge in [-0.25, -0.2) is 4.79 Å². The lowest BCUT2D eigenvalue weighted by atomic mass is 10.7. The maximum Gasteiger partial charge on any atom is 0.395 e. The predicted molar refractivity (Wildman–Crippen MR) is 44.2 cm³/mol. The highest BCUT2D eigenvalue weighted by molar-refractivity contribution is 8.00. The molecule has 0 saturated heterocycles. The smallest absolute Gasteiger partial charge is 0.395 e. The molecule has 0 aliphatic heterocycles. The summed E-state index contributed by atoms with van der Waals surface area (Å²) in [6.07, 6.45) is 0. The summed E-state index contributed by atoms with van der Waals surface area (Å²) in [6.45, 7) is 1.58. The fourth-order valence-electron chi connectivity index (χ4n) is 0.635. The van der Waals surface area contributed by atoms with Gasteiger partial charge in [-0.3, -0.25) is 0 Å². The van der Waals surface area contributed by atoms with Gasteiger partial charge in [0.2, 0.25) is 0 Å². The van der Waals surface area contributed by atoms with E-state index >= 15 is 0 Å². The summed E-state index contributed by atoms with van der Waals surface area (Å²) in [5, 5.41) is 11.1. The molecule has 0 spiro atoms. The fourth-order valence-corrected chi connectivity index (χ4v) is 1.30. The molecule has 1 N–H and O–H groups in total. The molecule has 78 valence electrons. The van der Waals surface area contributed by atoms with Gasteiger partial charge in [0.25, 0.3) is 0 Å². The van der Waals surface area contributed by atoms with Crippen LogP contribution in [0.4, 0.5) is 8.78 Å². The molecule has 0 aliphatic rings. The van der Waals surface area contributed by atoms with Crippen molar-refractivity contribution in [3.63, 3.8) is 0 Å². The zero-order chi connectivity index (χ0) is 10.9. The first-order valence-electron chi connectivity index (χ1n) is 3.51. The van der Waals surface area contributed by atoms with Gasteiger partial charge in [-0.2, -0.15) is 8.78 Å². The molecule has 0 unspecified atom stereocenters. The highest BCUT2D eigenvalue weighted by Gasteiger charge is 2.42. The molecule has 5 nitrogen and oxygen atoms in total. The Morgan fingerprint density at radius 3 is 2.50 bits per heavy atom. The van der Waals surface area contributed by atoms with Gasteiger partial charge >= 0.3 is 11.2 Å². The third kappa shape index (κ3) is 2.00. The maximum absolute atomic E-state index is 12.7. The van der Waals surface area contributed by atoms with E-state index in [-0.39, 0.29) is 16.9 Å². The lowest BCUT2D eigenvalue weighted by molar-refractivity contribution is -0.152. The van der Waals surface area contributed by atoms with Crippen LogP contribution in [0.15, 0.2) is 5.16 Å². The van der Waals surface area contributed by atoms with Crippen LogP contribution in [0.25, 0.3) is 0 Å². The Labute approximate surface area is 82.1 Å². The third-order valence-electron chi connectivity index (χ3n) is 1.52. The molecule has 1 heterocycles. The van der Waals surface area contributed by atoms with Crippen molar-refractivity contribution in [3.05, 3.63) is 5.82 Å². The van der Waals surface area contributed by atoms with Gasteiger partial charge in [-0.05, 0) is 6.92 Å². The molecule has 1 rings (SSSR count). The van der Waals surface area contributed by atoms with Gasteiger partial charge in [0, 0.05) is 18.8 Å². The molecule has 1 aromatic heterocycles. The Balaban J connectivity index is 2.89. The fraction of sp³-hybridized carbons (Fsp3) is 0.500. The van der Waals surface area contributed by atoms with Crippen molar-refractivity contribution >= 4 is 17.7 Å². The molecule has 0 aromatic carbocycles. The number of carboxylic acids is 1. The van der Waals surface area contributed by atoms with Crippen LogP contribution in [0.2, 0.25) is 0 Å². The van der Waals surface area contributed by atoms with E-state index in [1.807, 2.05) is 0 Å². The predicted octanol–water partition coefficient (Wildman–Crippen LogP) is 0.893. The SMILES string of the molecule is Cc1nnc(SC(F)(F)C(=O)O)n1C. The van der Waals surface area contributed by atoms with E-state index in [0.29, 0.717) is 5.82 Å². The molecule has 8 heteroatoms. The second-order valence-electron chi connectivity index (χ2n) is 2.51. The van der Waals surface area contributed by atoms with Crippen molar-refractivity contribution < 1.29 is 18.7 Å². The quantitative estimate of drug-likeness (QED) is 0.771. The van der Waals surface area contributed by atoms with Gasteiger partial charge in [0.1, 0.15) is 5.82 Å². The summed E-state index contributed by atoms with van der Waals surface area (Å²) < 4.78 is 26.7. The molecular weight excluding hydrogens is 216 g/mol. The van der Waals surface area contributed by atoms with E-state index in [2.05, 4.69) is 10.2 Å². The number of nitrogens with zero attached hydrogens (tertiary/aromatic N) is 3. The molecule has 0 atom stereocenters. The highest BCUT2D eigenvalue weighted by atomic mass is 32.2. The number of rotatable bonds is 3. The van der Waals surface area contributed by atoms with Crippen LogP contribution in [0, 0.1) is 6.92 Å². The topological polar surface area (TPSA) is 68.0 Å². The van der Waals surface area contributed by atoms with E-state index in [1.54, 1.807) is 6.92 Å². The van der Waals surface area contributed by atoms with Gasteiger partial charge < -0.3 is 9.67 Å². The first kappa shape index (κ1) is 10.9. The van der Waals surface area contributed by atoms with Crippen LogP contribution in [-0.2, 0) is 11.8 Å². The Bertz CT molecular complexity index is 366. The first-order chi connectivity index (χ1) is 6.34. The zero-order valence-electron chi connectivity index (χ0n) is 7.36. The van der Waals surface area contributed by atoms with Crippen molar-refractivity contribution in [1.82, 2.24) is 14.8 Å². The van der Waals surface area contributed by atoms with Gasteiger partial charge in [0.05, 0.1) is 0 Å². The average molecular weight is 223 g/mol. The maximum atomic E-state index is 12.7. The zero-order valence-corrected chi connectivity index (χ0v) is 8.18. The molecular formula is C6H7F2N3O2S.